The van der Waals surface area contributed by atoms with E-state index < -0.39 is 39.2 Å². The maximum absolute atomic E-state index is 14.0. The van der Waals surface area contributed by atoms with E-state index in [-0.39, 0.29) is 22.3 Å². The smallest absolute Gasteiger partial charge is 0.243 e. The first-order chi connectivity index (χ1) is 20.3. The van der Waals surface area contributed by atoms with Crippen LogP contribution in [0.2, 0.25) is 0 Å². The summed E-state index contributed by atoms with van der Waals surface area (Å²) in [5.74, 6) is -0.531. The molecule has 4 radical (unpaired) electrons. The fraction of sp³-hybridized carbons (Fsp3) is 0.393. The van der Waals surface area contributed by atoms with Gasteiger partial charge in [-0.1, -0.05) is 12.1 Å². The molecule has 1 aromatic heterocycles. The monoisotopic (exact) mass is 667 g/mol. The standard InChI is InChI=1S/C28H29B2BrFN5O5S/c1-15(18-10-19(32)13-21(11-18)41-3)34-26(38)16(2)37-28(29,30)22-5-4-17(12-24(22)43(37,39)40)25-23(31)14-33-27(36-25)35-20-6-8-42-9-7-20/h4-5,10-16,20H,6-9H2,1-3H3,(H,34,38)(H,33,35,36)/t15-,16-/m1/s1. The van der Waals surface area contributed by atoms with Crippen molar-refractivity contribution in [3.8, 4) is 17.0 Å². The van der Waals surface area contributed by atoms with Crippen LogP contribution < -0.4 is 15.4 Å². The average molecular weight is 668 g/mol. The number of hydrogen-bond acceptors (Lipinski definition) is 8. The number of nitrogens with zero attached hydrogens (tertiary/aromatic N) is 3. The molecule has 0 saturated carbocycles. The van der Waals surface area contributed by atoms with E-state index in [0.717, 1.165) is 17.1 Å². The lowest BCUT2D eigenvalue weighted by Crippen LogP contribution is -2.55. The number of rotatable bonds is 8. The number of ether oxygens (including phenoxy) is 2. The fourth-order valence-electron chi connectivity index (χ4n) is 5.31. The molecule has 0 bridgehead atoms. The lowest BCUT2D eigenvalue weighted by molar-refractivity contribution is -0.125. The molecule has 2 aromatic carbocycles. The lowest BCUT2D eigenvalue weighted by Gasteiger charge is -2.36. The molecule has 222 valence electrons. The molecule has 0 aliphatic carbocycles. The topological polar surface area (TPSA) is 123 Å². The molecule has 10 nitrogen and oxygen atoms in total. The normalized spacial score (nSPS) is 19.3. The number of carbonyl (C=O) groups is 1. The number of carbonyl (C=O) groups excluding carboxylic acids is 1. The Morgan fingerprint density at radius 3 is 2.63 bits per heavy atom. The molecule has 0 unspecified atom stereocenters. The number of benzene rings is 2. The summed E-state index contributed by atoms with van der Waals surface area (Å²) in [6.07, 6.45) is 3.23. The molecule has 0 spiro atoms. The summed E-state index contributed by atoms with van der Waals surface area (Å²) in [5, 5.41) is 4.01. The highest BCUT2D eigenvalue weighted by Crippen LogP contribution is 2.44. The van der Waals surface area contributed by atoms with Crippen LogP contribution in [-0.4, -0.2) is 76.7 Å². The van der Waals surface area contributed by atoms with Crippen molar-refractivity contribution in [3.05, 3.63) is 64.0 Å². The van der Waals surface area contributed by atoms with Gasteiger partial charge in [0.2, 0.25) is 21.9 Å². The summed E-state index contributed by atoms with van der Waals surface area (Å²) in [6.45, 7) is 4.33. The molecule has 2 aliphatic rings. The van der Waals surface area contributed by atoms with Crippen molar-refractivity contribution in [2.45, 2.75) is 55.0 Å². The van der Waals surface area contributed by atoms with Crippen LogP contribution >= 0.6 is 15.9 Å². The molecule has 5 rings (SSSR count). The molecule has 1 fully saturated rings. The number of aromatic nitrogens is 2. The van der Waals surface area contributed by atoms with Gasteiger partial charge in [0, 0.05) is 37.1 Å². The van der Waals surface area contributed by atoms with Gasteiger partial charge in [-0.3, -0.25) is 4.79 Å². The number of sulfonamides is 1. The van der Waals surface area contributed by atoms with Crippen LogP contribution in [0.1, 0.15) is 43.9 Å². The second kappa shape index (κ2) is 12.2. The first-order valence-electron chi connectivity index (χ1n) is 13.6. The lowest BCUT2D eigenvalue weighted by atomic mass is 9.57. The van der Waals surface area contributed by atoms with Gasteiger partial charge in [-0.25, -0.2) is 22.8 Å². The molecule has 3 heterocycles. The van der Waals surface area contributed by atoms with Gasteiger partial charge in [-0.2, -0.15) is 4.31 Å². The fourth-order valence-corrected chi connectivity index (χ4v) is 7.73. The Labute approximate surface area is 261 Å². The summed E-state index contributed by atoms with van der Waals surface area (Å²) in [6, 6.07) is 6.85. The van der Waals surface area contributed by atoms with Gasteiger partial charge in [-0.05, 0) is 77.3 Å². The number of hydrogen-bond donors (Lipinski definition) is 2. The zero-order valence-corrected chi connectivity index (χ0v) is 26.2. The number of methoxy groups -OCH3 is 1. The van der Waals surface area contributed by atoms with Crippen LogP contribution in [0.15, 0.2) is 52.0 Å². The van der Waals surface area contributed by atoms with E-state index in [1.807, 2.05) is 0 Å². The van der Waals surface area contributed by atoms with Crippen LogP contribution in [0, 0.1) is 5.82 Å². The average Bonchev–Trinajstić information content (AvgIpc) is 3.13. The second-order valence-electron chi connectivity index (χ2n) is 10.6. The first kappa shape index (κ1) is 31.4. The van der Waals surface area contributed by atoms with Gasteiger partial charge in [0.25, 0.3) is 0 Å². The van der Waals surface area contributed by atoms with Crippen LogP contribution in [0.3, 0.4) is 0 Å². The number of fused-ring (bicyclic) bond motifs is 1. The maximum Gasteiger partial charge on any atom is 0.243 e. The third-order valence-corrected chi connectivity index (χ3v) is 10.2. The van der Waals surface area contributed by atoms with E-state index in [0.29, 0.717) is 40.5 Å². The minimum absolute atomic E-state index is 0.129. The summed E-state index contributed by atoms with van der Waals surface area (Å²) in [7, 11) is 9.90. The van der Waals surface area contributed by atoms with E-state index >= 15 is 0 Å². The van der Waals surface area contributed by atoms with Gasteiger partial charge < -0.3 is 20.1 Å². The zero-order valence-electron chi connectivity index (χ0n) is 23.8. The molecule has 2 N–H and O–H groups in total. The second-order valence-corrected chi connectivity index (χ2v) is 13.2. The number of amides is 1. The third kappa shape index (κ3) is 6.17. The number of nitrogens with one attached hydrogen (secondary N) is 2. The molecule has 43 heavy (non-hydrogen) atoms. The van der Waals surface area contributed by atoms with Crippen molar-refractivity contribution in [1.29, 1.82) is 0 Å². The van der Waals surface area contributed by atoms with Crippen molar-refractivity contribution in [3.63, 3.8) is 0 Å². The predicted octanol–water partition coefficient (Wildman–Crippen LogP) is 3.36. The molecule has 2 aliphatic heterocycles. The molecule has 1 amide bonds. The van der Waals surface area contributed by atoms with E-state index in [4.69, 9.17) is 25.2 Å². The van der Waals surface area contributed by atoms with Crippen molar-refractivity contribution < 1.29 is 27.1 Å². The largest absolute Gasteiger partial charge is 0.497 e. The molecule has 2 atom stereocenters. The maximum atomic E-state index is 14.0. The van der Waals surface area contributed by atoms with E-state index in [1.54, 1.807) is 25.3 Å². The molecule has 3 aromatic rings. The van der Waals surface area contributed by atoms with Crippen molar-refractivity contribution in [2.24, 2.45) is 0 Å². The van der Waals surface area contributed by atoms with Crippen LogP contribution in [0.5, 0.6) is 5.75 Å². The summed E-state index contributed by atoms with van der Waals surface area (Å²) in [4.78, 5) is 22.2. The zero-order chi connectivity index (χ0) is 31.1. The van der Waals surface area contributed by atoms with Gasteiger partial charge in [0.1, 0.15) is 17.6 Å². The highest BCUT2D eigenvalue weighted by molar-refractivity contribution is 9.10. The van der Waals surface area contributed by atoms with E-state index in [2.05, 4.69) is 36.5 Å². The number of anilines is 1. The Balaban J connectivity index is 1.41. The summed E-state index contributed by atoms with van der Waals surface area (Å²) in [5.41, 5.74) is 1.51. The molecule has 15 heteroatoms. The van der Waals surface area contributed by atoms with Gasteiger partial charge in [0.05, 0.1) is 43.9 Å². The molecular weight excluding hydrogens is 639 g/mol. The highest BCUT2D eigenvalue weighted by Gasteiger charge is 2.51. The van der Waals surface area contributed by atoms with Gasteiger partial charge >= 0.3 is 0 Å². The highest BCUT2D eigenvalue weighted by atomic mass is 79.9. The first-order valence-corrected chi connectivity index (χ1v) is 15.8. The van der Waals surface area contributed by atoms with Gasteiger partial charge in [-0.15, -0.1) is 0 Å². The SMILES string of the molecule is [B]C1([B])c2ccc(-c3nc(NC4CCOCC4)ncc3Br)cc2S(=O)(=O)N1[C@H](C)C(=O)N[C@H](C)c1cc(F)cc(OC)c1. The third-order valence-electron chi connectivity index (χ3n) is 7.61. The Kier molecular flexibility index (Phi) is 8.90. The van der Waals surface area contributed by atoms with E-state index in [9.17, 15) is 17.6 Å². The molecule has 1 saturated heterocycles. The van der Waals surface area contributed by atoms with Crippen molar-refractivity contribution in [2.75, 3.05) is 25.6 Å². The van der Waals surface area contributed by atoms with Crippen LogP contribution in [0.25, 0.3) is 11.3 Å². The van der Waals surface area contributed by atoms with Gasteiger partial charge in [0.15, 0.2) is 0 Å². The van der Waals surface area contributed by atoms with Crippen LogP contribution in [-0.2, 0) is 24.9 Å². The Bertz CT molecular complexity index is 1660. The predicted molar refractivity (Wildman–Crippen MR) is 164 cm³/mol. The summed E-state index contributed by atoms with van der Waals surface area (Å²) < 4.78 is 53.7. The Morgan fingerprint density at radius 1 is 1.21 bits per heavy atom. The minimum Gasteiger partial charge on any atom is -0.497 e. The number of halogens is 2. The quantitative estimate of drug-likeness (QED) is 0.351. The Hall–Kier alpha value is -3.00. The summed E-state index contributed by atoms with van der Waals surface area (Å²) >= 11 is 3.47. The van der Waals surface area contributed by atoms with E-state index in [1.165, 1.54) is 38.3 Å². The van der Waals surface area contributed by atoms with Crippen molar-refractivity contribution >= 4 is 53.5 Å². The van der Waals surface area contributed by atoms with Crippen molar-refractivity contribution in [1.82, 2.24) is 19.6 Å². The molecular formula is C28H29B2BrFN5O5S. The minimum atomic E-state index is -4.34. The Morgan fingerprint density at radius 2 is 1.93 bits per heavy atom. The van der Waals surface area contributed by atoms with Crippen LogP contribution in [0.4, 0.5) is 10.3 Å².